The Morgan fingerprint density at radius 1 is 1.29 bits per heavy atom. The van der Waals surface area contributed by atoms with Gasteiger partial charge in [0.1, 0.15) is 11.4 Å². The van der Waals surface area contributed by atoms with Gasteiger partial charge in [-0.05, 0) is 44.2 Å². The number of hydrogen-bond donors (Lipinski definition) is 1. The lowest BCUT2D eigenvalue weighted by atomic mass is 9.88. The van der Waals surface area contributed by atoms with Crippen LogP contribution in [0.4, 0.5) is 0 Å². The van der Waals surface area contributed by atoms with E-state index in [9.17, 15) is 4.79 Å². The van der Waals surface area contributed by atoms with Crippen LogP contribution in [-0.4, -0.2) is 16.5 Å². The summed E-state index contributed by atoms with van der Waals surface area (Å²) in [5.74, 6) is 6.60. The van der Waals surface area contributed by atoms with Crippen LogP contribution < -0.4 is 10.6 Å². The fourth-order valence-electron chi connectivity index (χ4n) is 3.01. The first kappa shape index (κ1) is 16.0. The van der Waals surface area contributed by atoms with E-state index in [0.29, 0.717) is 23.3 Å². The number of ether oxygens (including phenoxy) is 1. The Morgan fingerprint density at radius 2 is 2.00 bits per heavy atom. The molecule has 1 amide bonds. The van der Waals surface area contributed by atoms with Gasteiger partial charge in [-0.2, -0.15) is 5.26 Å². The molecule has 5 nitrogen and oxygen atoms in total. The molecule has 3 rings (SSSR count). The Bertz CT molecular complexity index is 809. The fraction of sp³-hybridized carbons (Fsp3) is 0.263. The first-order chi connectivity index (χ1) is 11.4. The average Bonchev–Trinajstić information content (AvgIpc) is 2.59. The summed E-state index contributed by atoms with van der Waals surface area (Å²) in [6, 6.07) is 15.9. The summed E-state index contributed by atoms with van der Waals surface area (Å²) in [7, 11) is 0. The Labute approximate surface area is 141 Å². The Balaban J connectivity index is 2.01. The molecule has 122 valence electrons. The Hall–Kier alpha value is -2.84. The second-order valence-electron chi connectivity index (χ2n) is 6.52. The lowest BCUT2D eigenvalue weighted by molar-refractivity contribution is 0.0262. The maximum atomic E-state index is 12.7. The third-order valence-corrected chi connectivity index (χ3v) is 4.16. The number of benzene rings is 2. The van der Waals surface area contributed by atoms with Crippen molar-refractivity contribution in [3.63, 3.8) is 0 Å². The highest BCUT2D eigenvalue weighted by molar-refractivity contribution is 5.94. The predicted molar refractivity (Wildman–Crippen MR) is 90.0 cm³/mol. The molecule has 24 heavy (non-hydrogen) atoms. The molecule has 0 saturated carbocycles. The van der Waals surface area contributed by atoms with Crippen molar-refractivity contribution in [3.8, 4) is 11.8 Å². The van der Waals surface area contributed by atoms with E-state index in [0.717, 1.165) is 5.56 Å². The summed E-state index contributed by atoms with van der Waals surface area (Å²) in [4.78, 5) is 12.7. The first-order valence-corrected chi connectivity index (χ1v) is 7.78. The minimum Gasteiger partial charge on any atom is -0.487 e. The molecule has 0 aliphatic carbocycles. The quantitative estimate of drug-likeness (QED) is 0.523. The van der Waals surface area contributed by atoms with Crippen molar-refractivity contribution in [1.29, 1.82) is 5.26 Å². The molecule has 0 spiro atoms. The van der Waals surface area contributed by atoms with E-state index >= 15 is 0 Å². The van der Waals surface area contributed by atoms with E-state index in [1.54, 1.807) is 42.5 Å². The van der Waals surface area contributed by atoms with Gasteiger partial charge in [0, 0.05) is 17.5 Å². The highest BCUT2D eigenvalue weighted by Crippen LogP contribution is 2.42. The SMILES string of the molecule is CC1(C)CC(N(N)C(=O)c2ccccc2)c2cc(C#N)ccc2O1. The summed E-state index contributed by atoms with van der Waals surface area (Å²) in [6.45, 7) is 3.92. The van der Waals surface area contributed by atoms with Gasteiger partial charge < -0.3 is 4.74 Å². The Morgan fingerprint density at radius 3 is 2.67 bits per heavy atom. The minimum absolute atomic E-state index is 0.258. The second kappa shape index (κ2) is 5.99. The molecule has 0 bridgehead atoms. The summed E-state index contributed by atoms with van der Waals surface area (Å²) >= 11 is 0. The van der Waals surface area contributed by atoms with Crippen LogP contribution in [0.5, 0.6) is 5.75 Å². The smallest absolute Gasteiger partial charge is 0.268 e. The first-order valence-electron chi connectivity index (χ1n) is 7.78. The molecule has 0 aromatic heterocycles. The maximum Gasteiger partial charge on any atom is 0.268 e. The molecule has 2 N–H and O–H groups in total. The minimum atomic E-state index is -0.458. The Kier molecular flexibility index (Phi) is 4.00. The number of carbonyl (C=O) groups excluding carboxylic acids is 1. The molecule has 1 unspecified atom stereocenters. The third-order valence-electron chi connectivity index (χ3n) is 4.16. The van der Waals surface area contributed by atoms with E-state index in [-0.39, 0.29) is 11.9 Å². The van der Waals surface area contributed by atoms with Crippen LogP contribution in [0.15, 0.2) is 48.5 Å². The molecular weight excluding hydrogens is 302 g/mol. The molecule has 2 aromatic rings. The zero-order valence-electron chi connectivity index (χ0n) is 13.7. The van der Waals surface area contributed by atoms with Crippen molar-refractivity contribution in [2.24, 2.45) is 5.84 Å². The molecule has 0 radical (unpaired) electrons. The fourth-order valence-corrected chi connectivity index (χ4v) is 3.01. The highest BCUT2D eigenvalue weighted by Gasteiger charge is 2.38. The average molecular weight is 321 g/mol. The van der Waals surface area contributed by atoms with E-state index in [1.165, 1.54) is 5.01 Å². The predicted octanol–water partition coefficient (Wildman–Crippen LogP) is 3.18. The molecule has 0 fully saturated rings. The lowest BCUT2D eigenvalue weighted by Crippen LogP contribution is -2.47. The monoisotopic (exact) mass is 321 g/mol. The zero-order chi connectivity index (χ0) is 17.3. The van der Waals surface area contributed by atoms with Gasteiger partial charge in [0.05, 0.1) is 17.7 Å². The molecule has 0 saturated heterocycles. The highest BCUT2D eigenvalue weighted by atomic mass is 16.5. The van der Waals surface area contributed by atoms with Crippen LogP contribution in [0.3, 0.4) is 0 Å². The molecule has 1 atom stereocenters. The number of nitrogens with zero attached hydrogens (tertiary/aromatic N) is 2. The molecule has 1 aliphatic heterocycles. The van der Waals surface area contributed by atoms with Gasteiger partial charge in [-0.1, -0.05) is 18.2 Å². The summed E-state index contributed by atoms with van der Waals surface area (Å²) < 4.78 is 5.98. The van der Waals surface area contributed by atoms with E-state index in [4.69, 9.17) is 15.8 Å². The molecule has 5 heteroatoms. The molecule has 2 aromatic carbocycles. The number of nitrogens with two attached hydrogens (primary N) is 1. The van der Waals surface area contributed by atoms with Crippen molar-refractivity contribution < 1.29 is 9.53 Å². The largest absolute Gasteiger partial charge is 0.487 e. The van der Waals surface area contributed by atoms with E-state index in [1.807, 2.05) is 19.9 Å². The van der Waals surface area contributed by atoms with Gasteiger partial charge in [-0.25, -0.2) is 5.84 Å². The topological polar surface area (TPSA) is 79.4 Å². The van der Waals surface area contributed by atoms with Crippen molar-refractivity contribution in [3.05, 3.63) is 65.2 Å². The summed E-state index contributed by atoms with van der Waals surface area (Å²) in [5, 5.41) is 10.4. The van der Waals surface area contributed by atoms with Gasteiger partial charge in [-0.3, -0.25) is 9.80 Å². The van der Waals surface area contributed by atoms with Crippen LogP contribution in [0, 0.1) is 11.3 Å². The standard InChI is InChI=1S/C19H19N3O2/c1-19(2)11-16(15-10-13(12-20)8-9-17(15)24-19)22(21)18(23)14-6-4-3-5-7-14/h3-10,16H,11,21H2,1-2H3. The van der Waals surface area contributed by atoms with Crippen LogP contribution in [-0.2, 0) is 0 Å². The van der Waals surface area contributed by atoms with Crippen LogP contribution in [0.2, 0.25) is 0 Å². The normalized spacial score (nSPS) is 18.0. The number of amides is 1. The van der Waals surface area contributed by atoms with E-state index < -0.39 is 5.60 Å². The van der Waals surface area contributed by atoms with Crippen LogP contribution in [0.1, 0.15) is 47.8 Å². The van der Waals surface area contributed by atoms with Gasteiger partial charge in [0.15, 0.2) is 0 Å². The number of carbonyl (C=O) groups is 1. The van der Waals surface area contributed by atoms with Gasteiger partial charge in [0.25, 0.3) is 5.91 Å². The number of rotatable bonds is 2. The number of hydrogen-bond acceptors (Lipinski definition) is 4. The lowest BCUT2D eigenvalue weighted by Gasteiger charge is -2.40. The molecule has 1 aliphatic rings. The van der Waals surface area contributed by atoms with Crippen molar-refractivity contribution >= 4 is 5.91 Å². The maximum absolute atomic E-state index is 12.7. The van der Waals surface area contributed by atoms with E-state index in [2.05, 4.69) is 6.07 Å². The number of hydrazine groups is 1. The molecule has 1 heterocycles. The van der Waals surface area contributed by atoms with Crippen molar-refractivity contribution in [2.45, 2.75) is 31.9 Å². The summed E-state index contributed by atoms with van der Waals surface area (Å²) in [6.07, 6.45) is 0.546. The van der Waals surface area contributed by atoms with Crippen LogP contribution >= 0.6 is 0 Å². The van der Waals surface area contributed by atoms with Crippen molar-refractivity contribution in [2.75, 3.05) is 0 Å². The zero-order valence-corrected chi connectivity index (χ0v) is 13.7. The molecular formula is C19H19N3O2. The van der Waals surface area contributed by atoms with Gasteiger partial charge >= 0.3 is 0 Å². The number of fused-ring (bicyclic) bond motifs is 1. The van der Waals surface area contributed by atoms with Crippen LogP contribution in [0.25, 0.3) is 0 Å². The third kappa shape index (κ3) is 2.97. The summed E-state index contributed by atoms with van der Waals surface area (Å²) in [5.41, 5.74) is 1.35. The van der Waals surface area contributed by atoms with Gasteiger partial charge in [-0.15, -0.1) is 0 Å². The van der Waals surface area contributed by atoms with Crippen molar-refractivity contribution in [1.82, 2.24) is 5.01 Å². The van der Waals surface area contributed by atoms with Gasteiger partial charge in [0.2, 0.25) is 0 Å². The second-order valence-corrected chi connectivity index (χ2v) is 6.52. The number of nitriles is 1.